The predicted octanol–water partition coefficient (Wildman–Crippen LogP) is 2.87. The summed E-state index contributed by atoms with van der Waals surface area (Å²) in [5.74, 6) is -5.21. The molecule has 0 heterocycles. The Morgan fingerprint density at radius 2 is 2.19 bits per heavy atom. The molecule has 4 heteroatoms. The van der Waals surface area contributed by atoms with Gasteiger partial charge < -0.3 is 4.74 Å². The van der Waals surface area contributed by atoms with Gasteiger partial charge in [-0.15, -0.1) is 0 Å². The van der Waals surface area contributed by atoms with E-state index in [0.29, 0.717) is 0 Å². The number of hydrogen-bond acceptors (Lipinski definition) is 2. The van der Waals surface area contributed by atoms with Crippen molar-refractivity contribution in [3.8, 4) is 0 Å². The SMILES string of the molecule is CCOC(=O)C(F)(F)C1=CC(C)C=CC=C1. The van der Waals surface area contributed by atoms with Gasteiger partial charge in [0.2, 0.25) is 0 Å². The number of halogens is 2. The van der Waals surface area contributed by atoms with Crippen molar-refractivity contribution >= 4 is 5.97 Å². The molecule has 16 heavy (non-hydrogen) atoms. The van der Waals surface area contributed by atoms with E-state index in [2.05, 4.69) is 4.74 Å². The second kappa shape index (κ2) is 5.05. The van der Waals surface area contributed by atoms with E-state index in [4.69, 9.17) is 0 Å². The van der Waals surface area contributed by atoms with Crippen LogP contribution in [-0.4, -0.2) is 18.5 Å². The lowest BCUT2D eigenvalue weighted by Gasteiger charge is -2.16. The molecule has 1 aliphatic carbocycles. The van der Waals surface area contributed by atoms with Gasteiger partial charge in [0.15, 0.2) is 0 Å². The van der Waals surface area contributed by atoms with Crippen LogP contribution in [-0.2, 0) is 9.53 Å². The number of rotatable bonds is 3. The summed E-state index contributed by atoms with van der Waals surface area (Å²) in [7, 11) is 0. The number of hydrogen-bond donors (Lipinski definition) is 0. The van der Waals surface area contributed by atoms with Gasteiger partial charge in [0.05, 0.1) is 6.61 Å². The normalized spacial score (nSPS) is 20.2. The molecule has 0 aromatic carbocycles. The molecule has 88 valence electrons. The van der Waals surface area contributed by atoms with Crippen molar-refractivity contribution in [2.24, 2.45) is 5.92 Å². The summed E-state index contributed by atoms with van der Waals surface area (Å²) in [4.78, 5) is 11.1. The molecule has 0 fully saturated rings. The summed E-state index contributed by atoms with van der Waals surface area (Å²) in [6.45, 7) is 3.21. The number of allylic oxidation sites excluding steroid dienone is 5. The fourth-order valence-electron chi connectivity index (χ4n) is 1.34. The van der Waals surface area contributed by atoms with Gasteiger partial charge in [-0.05, 0) is 12.8 Å². The molecule has 0 bridgehead atoms. The Balaban J connectivity index is 2.94. The second-order valence-corrected chi connectivity index (χ2v) is 3.52. The van der Waals surface area contributed by atoms with Crippen molar-refractivity contribution in [3.05, 3.63) is 36.0 Å². The molecule has 0 aliphatic heterocycles. The lowest BCUT2D eigenvalue weighted by Crippen LogP contribution is -2.32. The minimum absolute atomic E-state index is 0.0563. The van der Waals surface area contributed by atoms with Crippen molar-refractivity contribution < 1.29 is 18.3 Å². The van der Waals surface area contributed by atoms with Gasteiger partial charge in [0.1, 0.15) is 0 Å². The molecule has 0 aromatic heterocycles. The van der Waals surface area contributed by atoms with Gasteiger partial charge in [0, 0.05) is 5.57 Å². The third-order valence-electron chi connectivity index (χ3n) is 2.14. The van der Waals surface area contributed by atoms with Crippen molar-refractivity contribution in [2.75, 3.05) is 6.61 Å². The van der Waals surface area contributed by atoms with E-state index in [-0.39, 0.29) is 18.1 Å². The zero-order valence-electron chi connectivity index (χ0n) is 9.24. The Bertz CT molecular complexity index is 354. The average Bonchev–Trinajstić information content (AvgIpc) is 2.43. The Morgan fingerprint density at radius 1 is 1.50 bits per heavy atom. The minimum Gasteiger partial charge on any atom is -0.461 e. The van der Waals surface area contributed by atoms with Crippen LogP contribution in [0.1, 0.15) is 13.8 Å². The van der Waals surface area contributed by atoms with E-state index >= 15 is 0 Å². The Labute approximate surface area is 93.3 Å². The van der Waals surface area contributed by atoms with Crippen LogP contribution in [0.25, 0.3) is 0 Å². The van der Waals surface area contributed by atoms with Crippen LogP contribution < -0.4 is 0 Å². The molecule has 1 aliphatic rings. The van der Waals surface area contributed by atoms with E-state index in [1.807, 2.05) is 0 Å². The highest BCUT2D eigenvalue weighted by Gasteiger charge is 2.43. The molecule has 0 aromatic rings. The van der Waals surface area contributed by atoms with Crippen LogP contribution in [0, 0.1) is 5.92 Å². The van der Waals surface area contributed by atoms with E-state index in [0.717, 1.165) is 0 Å². The first-order valence-corrected chi connectivity index (χ1v) is 5.10. The Kier molecular flexibility index (Phi) is 3.99. The smallest absolute Gasteiger partial charge is 0.381 e. The van der Waals surface area contributed by atoms with Gasteiger partial charge in [-0.1, -0.05) is 37.3 Å². The lowest BCUT2D eigenvalue weighted by molar-refractivity contribution is -0.165. The fourth-order valence-corrected chi connectivity index (χ4v) is 1.34. The summed E-state index contributed by atoms with van der Waals surface area (Å²) in [6, 6.07) is 0. The largest absolute Gasteiger partial charge is 0.461 e. The van der Waals surface area contributed by atoms with Crippen LogP contribution in [0.3, 0.4) is 0 Å². The highest BCUT2D eigenvalue weighted by atomic mass is 19.3. The zero-order chi connectivity index (χ0) is 12.2. The number of carbonyl (C=O) groups excluding carboxylic acids is 1. The van der Waals surface area contributed by atoms with E-state index in [9.17, 15) is 13.6 Å². The van der Waals surface area contributed by atoms with E-state index in [1.54, 1.807) is 19.1 Å². The molecule has 0 spiro atoms. The Morgan fingerprint density at radius 3 is 2.81 bits per heavy atom. The zero-order valence-corrected chi connectivity index (χ0v) is 9.24. The summed E-state index contributed by atoms with van der Waals surface area (Å²) < 4.78 is 31.6. The molecule has 1 rings (SSSR count). The summed E-state index contributed by atoms with van der Waals surface area (Å²) >= 11 is 0. The predicted molar refractivity (Wildman–Crippen MR) is 57.1 cm³/mol. The molecule has 1 atom stereocenters. The van der Waals surface area contributed by atoms with Crippen LogP contribution in [0.15, 0.2) is 36.0 Å². The third kappa shape index (κ3) is 2.78. The molecule has 0 amide bonds. The van der Waals surface area contributed by atoms with Crippen LogP contribution in [0.4, 0.5) is 8.78 Å². The summed E-state index contributed by atoms with van der Waals surface area (Å²) in [5.41, 5.74) is -0.316. The highest BCUT2D eigenvalue weighted by Crippen LogP contribution is 2.29. The topological polar surface area (TPSA) is 26.3 Å². The van der Waals surface area contributed by atoms with Gasteiger partial charge in [-0.2, -0.15) is 8.78 Å². The first-order chi connectivity index (χ1) is 7.48. The van der Waals surface area contributed by atoms with Gasteiger partial charge in [-0.3, -0.25) is 0 Å². The van der Waals surface area contributed by atoms with Crippen molar-refractivity contribution in [1.29, 1.82) is 0 Å². The lowest BCUT2D eigenvalue weighted by atomic mass is 10.0. The average molecular weight is 228 g/mol. The third-order valence-corrected chi connectivity index (χ3v) is 2.14. The first-order valence-electron chi connectivity index (χ1n) is 5.10. The maximum absolute atomic E-state index is 13.6. The van der Waals surface area contributed by atoms with Crippen LogP contribution >= 0.6 is 0 Å². The number of carbonyl (C=O) groups is 1. The van der Waals surface area contributed by atoms with Crippen LogP contribution in [0.5, 0.6) is 0 Å². The molecular weight excluding hydrogens is 214 g/mol. The van der Waals surface area contributed by atoms with Crippen molar-refractivity contribution in [3.63, 3.8) is 0 Å². The monoisotopic (exact) mass is 228 g/mol. The molecule has 1 unspecified atom stereocenters. The fraction of sp³-hybridized carbons (Fsp3) is 0.417. The number of esters is 1. The standard InChI is InChI=1S/C12H14F2O2/c1-3-16-11(15)12(13,14)10-7-5-4-6-9(2)8-10/h4-9H,3H2,1-2H3. The summed E-state index contributed by atoms with van der Waals surface area (Å²) in [5, 5.41) is 0. The van der Waals surface area contributed by atoms with E-state index < -0.39 is 11.9 Å². The Hall–Kier alpha value is -1.45. The maximum Gasteiger partial charge on any atom is 0.381 e. The van der Waals surface area contributed by atoms with E-state index in [1.165, 1.54) is 25.2 Å². The first kappa shape index (κ1) is 12.6. The second-order valence-electron chi connectivity index (χ2n) is 3.52. The van der Waals surface area contributed by atoms with Gasteiger partial charge >= 0.3 is 11.9 Å². The molecule has 0 saturated heterocycles. The number of ether oxygens (including phenoxy) is 1. The van der Waals surface area contributed by atoms with Crippen LogP contribution in [0.2, 0.25) is 0 Å². The maximum atomic E-state index is 13.6. The van der Waals surface area contributed by atoms with Crippen molar-refractivity contribution in [2.45, 2.75) is 19.8 Å². The number of alkyl halides is 2. The molecule has 2 nitrogen and oxygen atoms in total. The minimum atomic E-state index is -3.58. The van der Waals surface area contributed by atoms with Crippen molar-refractivity contribution in [1.82, 2.24) is 0 Å². The summed E-state index contributed by atoms with van der Waals surface area (Å²) in [6.07, 6.45) is 7.52. The highest BCUT2D eigenvalue weighted by molar-refractivity contribution is 5.82. The molecule has 0 radical (unpaired) electrons. The van der Waals surface area contributed by atoms with Gasteiger partial charge in [0.25, 0.3) is 0 Å². The van der Waals surface area contributed by atoms with Gasteiger partial charge in [-0.25, -0.2) is 4.79 Å². The molecule has 0 N–H and O–H groups in total. The quantitative estimate of drug-likeness (QED) is 0.694. The molecular formula is C12H14F2O2. The molecule has 0 saturated carbocycles.